The third kappa shape index (κ3) is 6.74. The van der Waals surface area contributed by atoms with Crippen LogP contribution in [0.25, 0.3) is 10.9 Å². The van der Waals surface area contributed by atoms with Crippen molar-refractivity contribution in [3.05, 3.63) is 36.3 Å². The smallest absolute Gasteiger partial charge is 0.347 e. The lowest BCUT2D eigenvalue weighted by Gasteiger charge is -2.11. The Labute approximate surface area is 193 Å². The monoisotopic (exact) mass is 454 g/mol. The molecule has 1 aliphatic rings. The largest absolute Gasteiger partial charge is 0.462 e. The lowest BCUT2D eigenvalue weighted by atomic mass is 10.0. The summed E-state index contributed by atoms with van der Waals surface area (Å²) in [5.74, 6) is -0.599. The van der Waals surface area contributed by atoms with Gasteiger partial charge in [-0.15, -0.1) is 0 Å². The number of hydrogen-bond acceptors (Lipinski definition) is 8. The van der Waals surface area contributed by atoms with Crippen LogP contribution in [0.3, 0.4) is 0 Å². The maximum atomic E-state index is 12.4. The number of rotatable bonds is 10. The third-order valence-corrected chi connectivity index (χ3v) is 5.52. The summed E-state index contributed by atoms with van der Waals surface area (Å²) in [6.07, 6.45) is 8.92. The number of ether oxygens (including phenoxy) is 2. The molecule has 9 heteroatoms. The number of hydrogen-bond donors (Lipinski definition) is 2. The zero-order valence-electron chi connectivity index (χ0n) is 19.1. The van der Waals surface area contributed by atoms with Crippen molar-refractivity contribution in [2.45, 2.75) is 52.4 Å². The lowest BCUT2D eigenvalue weighted by Crippen LogP contribution is -2.19. The molecule has 1 aliphatic carbocycles. The molecule has 1 saturated carbocycles. The molecule has 2 N–H and O–H groups in total. The number of esters is 2. The summed E-state index contributed by atoms with van der Waals surface area (Å²) in [4.78, 5) is 45.2. The molecule has 0 bridgehead atoms. The van der Waals surface area contributed by atoms with Crippen molar-refractivity contribution < 1.29 is 23.9 Å². The number of aromatic nitrogens is 2. The summed E-state index contributed by atoms with van der Waals surface area (Å²) in [6.45, 7) is 3.54. The van der Waals surface area contributed by atoms with Crippen molar-refractivity contribution in [2.75, 3.05) is 23.8 Å². The summed E-state index contributed by atoms with van der Waals surface area (Å²) in [7, 11) is 0. The Balaban J connectivity index is 1.76. The first-order valence-electron chi connectivity index (χ1n) is 11.4. The second kappa shape index (κ2) is 11.9. The molecule has 1 aromatic heterocycles. The van der Waals surface area contributed by atoms with Crippen LogP contribution in [0.1, 0.15) is 52.4 Å². The Hall–Kier alpha value is -3.49. The Morgan fingerprint density at radius 3 is 2.42 bits per heavy atom. The van der Waals surface area contributed by atoms with E-state index < -0.39 is 11.9 Å². The van der Waals surface area contributed by atoms with Crippen molar-refractivity contribution in [1.82, 2.24) is 9.97 Å². The predicted octanol–water partition coefficient (Wildman–Crippen LogP) is 3.96. The molecule has 1 heterocycles. The molecule has 9 nitrogen and oxygen atoms in total. The average molecular weight is 455 g/mol. The highest BCUT2D eigenvalue weighted by Gasteiger charge is 2.21. The lowest BCUT2D eigenvalue weighted by molar-refractivity contribution is -0.146. The van der Waals surface area contributed by atoms with Crippen molar-refractivity contribution in [1.29, 1.82) is 0 Å². The summed E-state index contributed by atoms with van der Waals surface area (Å²) >= 11 is 0. The van der Waals surface area contributed by atoms with E-state index in [0.29, 0.717) is 34.7 Å². The highest BCUT2D eigenvalue weighted by Crippen LogP contribution is 2.29. The zero-order chi connectivity index (χ0) is 23.6. The molecular formula is C24H30N4O5. The number of amides is 1. The van der Waals surface area contributed by atoms with Gasteiger partial charge in [0.1, 0.15) is 12.1 Å². The summed E-state index contributed by atoms with van der Waals surface area (Å²) in [5.41, 5.74) is 0.984. The molecular weight excluding hydrogens is 424 g/mol. The highest BCUT2D eigenvalue weighted by molar-refractivity contribution is 6.14. The van der Waals surface area contributed by atoms with Gasteiger partial charge in [-0.25, -0.2) is 19.6 Å². The second-order valence-electron chi connectivity index (χ2n) is 7.83. The molecule has 0 atom stereocenters. The molecule has 0 radical (unpaired) electrons. The van der Waals surface area contributed by atoms with Gasteiger partial charge in [-0.3, -0.25) is 4.79 Å². The minimum Gasteiger partial charge on any atom is -0.462 e. The van der Waals surface area contributed by atoms with Crippen LogP contribution >= 0.6 is 0 Å². The Kier molecular flexibility index (Phi) is 8.74. The SMILES string of the molecule is CCOC(=O)C(=CNc1ncnc2ccc(NC(=O)CCC3CCCC3)cc12)C(=O)OCC. The van der Waals surface area contributed by atoms with Gasteiger partial charge in [0.25, 0.3) is 0 Å². The normalized spacial score (nSPS) is 13.4. The van der Waals surface area contributed by atoms with Crippen molar-refractivity contribution in [2.24, 2.45) is 5.92 Å². The molecule has 0 aliphatic heterocycles. The van der Waals surface area contributed by atoms with Crippen molar-refractivity contribution in [3.63, 3.8) is 0 Å². The van der Waals surface area contributed by atoms with E-state index in [-0.39, 0.29) is 24.7 Å². The van der Waals surface area contributed by atoms with Gasteiger partial charge >= 0.3 is 11.9 Å². The summed E-state index contributed by atoms with van der Waals surface area (Å²) < 4.78 is 9.88. The number of benzene rings is 1. The van der Waals surface area contributed by atoms with Gasteiger partial charge in [0.15, 0.2) is 5.57 Å². The van der Waals surface area contributed by atoms with Crippen LogP contribution in [-0.4, -0.2) is 41.0 Å². The maximum Gasteiger partial charge on any atom is 0.347 e. The molecule has 2 aromatic rings. The van der Waals surface area contributed by atoms with E-state index in [1.165, 1.54) is 38.2 Å². The quantitative estimate of drug-likeness (QED) is 0.240. The predicted molar refractivity (Wildman–Crippen MR) is 124 cm³/mol. The molecule has 0 saturated heterocycles. The average Bonchev–Trinajstić information content (AvgIpc) is 3.32. The number of carbonyl (C=O) groups is 3. The van der Waals surface area contributed by atoms with Gasteiger partial charge in [-0.1, -0.05) is 25.7 Å². The first kappa shape index (κ1) is 24.2. The number of nitrogens with one attached hydrogen (secondary N) is 2. The molecule has 176 valence electrons. The van der Waals surface area contributed by atoms with E-state index in [9.17, 15) is 14.4 Å². The van der Waals surface area contributed by atoms with E-state index in [0.717, 1.165) is 6.42 Å². The van der Waals surface area contributed by atoms with E-state index in [1.54, 1.807) is 32.0 Å². The molecule has 1 aromatic carbocycles. The van der Waals surface area contributed by atoms with Gasteiger partial charge in [0, 0.05) is 23.7 Å². The Bertz CT molecular complexity index is 1010. The van der Waals surface area contributed by atoms with E-state index in [1.807, 2.05) is 0 Å². The van der Waals surface area contributed by atoms with Crippen LogP contribution in [0.15, 0.2) is 36.3 Å². The number of anilines is 2. The number of carbonyl (C=O) groups excluding carboxylic acids is 3. The van der Waals surface area contributed by atoms with Crippen LogP contribution in [0.5, 0.6) is 0 Å². The van der Waals surface area contributed by atoms with Gasteiger partial charge in [0.2, 0.25) is 5.91 Å². The van der Waals surface area contributed by atoms with Crippen LogP contribution in [0, 0.1) is 5.92 Å². The fourth-order valence-electron chi connectivity index (χ4n) is 3.87. The minimum atomic E-state index is -0.794. The van der Waals surface area contributed by atoms with E-state index >= 15 is 0 Å². The molecule has 1 amide bonds. The van der Waals surface area contributed by atoms with Crippen LogP contribution in [0.2, 0.25) is 0 Å². The highest BCUT2D eigenvalue weighted by atomic mass is 16.6. The fraction of sp³-hybridized carbons (Fsp3) is 0.458. The molecule has 33 heavy (non-hydrogen) atoms. The topological polar surface area (TPSA) is 120 Å². The standard InChI is InChI=1S/C24H30N4O5/c1-3-32-23(30)19(24(31)33-4-2)14-25-22-18-13-17(10-11-20(18)26-15-27-22)28-21(29)12-9-16-7-5-6-8-16/h10-11,13-16H,3-9,12H2,1-2H3,(H,28,29)(H,25,26,27). The van der Waals surface area contributed by atoms with Crippen molar-refractivity contribution in [3.8, 4) is 0 Å². The van der Waals surface area contributed by atoms with Gasteiger partial charge < -0.3 is 20.1 Å². The fourth-order valence-corrected chi connectivity index (χ4v) is 3.87. The third-order valence-electron chi connectivity index (χ3n) is 5.52. The second-order valence-corrected chi connectivity index (χ2v) is 7.83. The first-order chi connectivity index (χ1) is 16.0. The maximum absolute atomic E-state index is 12.4. The number of fused-ring (bicyclic) bond motifs is 1. The van der Waals surface area contributed by atoms with Crippen molar-refractivity contribution >= 4 is 40.3 Å². The molecule has 0 spiro atoms. The molecule has 3 rings (SSSR count). The first-order valence-corrected chi connectivity index (χ1v) is 11.4. The Morgan fingerprint density at radius 1 is 1.06 bits per heavy atom. The number of nitrogens with zero attached hydrogens (tertiary/aromatic N) is 2. The van der Waals surface area contributed by atoms with Gasteiger partial charge in [-0.05, 0) is 44.4 Å². The van der Waals surface area contributed by atoms with Crippen LogP contribution in [-0.2, 0) is 23.9 Å². The molecule has 0 unspecified atom stereocenters. The summed E-state index contributed by atoms with van der Waals surface area (Å²) in [6, 6.07) is 5.31. The zero-order valence-corrected chi connectivity index (χ0v) is 19.1. The van der Waals surface area contributed by atoms with Crippen LogP contribution < -0.4 is 10.6 Å². The van der Waals surface area contributed by atoms with Gasteiger partial charge in [0.05, 0.1) is 18.7 Å². The van der Waals surface area contributed by atoms with Gasteiger partial charge in [-0.2, -0.15) is 0 Å². The van der Waals surface area contributed by atoms with E-state index in [4.69, 9.17) is 9.47 Å². The molecule has 1 fully saturated rings. The summed E-state index contributed by atoms with van der Waals surface area (Å²) in [5, 5.41) is 6.44. The minimum absolute atomic E-state index is 0.0283. The Morgan fingerprint density at radius 2 is 1.76 bits per heavy atom. The van der Waals surface area contributed by atoms with E-state index in [2.05, 4.69) is 20.6 Å². The van der Waals surface area contributed by atoms with Crippen LogP contribution in [0.4, 0.5) is 11.5 Å².